The molecule has 0 saturated heterocycles. The summed E-state index contributed by atoms with van der Waals surface area (Å²) in [5.74, 6) is -1.23. The quantitative estimate of drug-likeness (QED) is 0.486. The van der Waals surface area contributed by atoms with Crippen molar-refractivity contribution >= 4 is 21.2 Å². The highest BCUT2D eigenvalue weighted by atomic mass is 32.2. The summed E-state index contributed by atoms with van der Waals surface area (Å²) in [6.45, 7) is 1.71. The minimum atomic E-state index is -4.72. The Balaban J connectivity index is 1.79. The van der Waals surface area contributed by atoms with Crippen molar-refractivity contribution in [1.82, 2.24) is 19.5 Å². The molecular formula is C18H14F3N5O2S. The van der Waals surface area contributed by atoms with Crippen LogP contribution in [0.5, 0.6) is 0 Å². The van der Waals surface area contributed by atoms with Crippen LogP contribution in [0.1, 0.15) is 11.6 Å². The minimum absolute atomic E-state index is 0.206. The molecule has 0 aliphatic heterocycles. The average Bonchev–Trinajstić information content (AvgIpc) is 3.27. The number of aryl methyl sites for hydroxylation is 1. The summed E-state index contributed by atoms with van der Waals surface area (Å²) >= 11 is 0. The van der Waals surface area contributed by atoms with Crippen LogP contribution in [0.3, 0.4) is 0 Å². The SMILES string of the molecule is Cc1nc2cc(-c3noc(C(F)(F)F)n3)ccn2c1N=S(C)(=O)c1ccccc1. The van der Waals surface area contributed by atoms with Crippen molar-refractivity contribution in [2.24, 2.45) is 4.36 Å². The molecule has 0 aliphatic rings. The van der Waals surface area contributed by atoms with Crippen LogP contribution in [0.4, 0.5) is 19.0 Å². The summed E-state index contributed by atoms with van der Waals surface area (Å²) in [7, 11) is -2.72. The minimum Gasteiger partial charge on any atom is -0.329 e. The topological polar surface area (TPSA) is 85.7 Å². The maximum Gasteiger partial charge on any atom is 0.471 e. The number of halogens is 3. The molecular weight excluding hydrogens is 407 g/mol. The first-order valence-corrected chi connectivity index (χ1v) is 10.2. The Bertz CT molecular complexity index is 1320. The van der Waals surface area contributed by atoms with E-state index >= 15 is 0 Å². The zero-order valence-corrected chi connectivity index (χ0v) is 16.0. The van der Waals surface area contributed by atoms with Gasteiger partial charge in [0.1, 0.15) is 5.65 Å². The summed E-state index contributed by atoms with van der Waals surface area (Å²) in [6, 6.07) is 11.9. The van der Waals surface area contributed by atoms with Gasteiger partial charge in [-0.1, -0.05) is 23.4 Å². The molecule has 4 rings (SSSR count). The van der Waals surface area contributed by atoms with Crippen molar-refractivity contribution in [3.63, 3.8) is 0 Å². The number of hydrogen-bond acceptors (Lipinski definition) is 6. The van der Waals surface area contributed by atoms with E-state index in [1.807, 2.05) is 6.07 Å². The molecule has 0 aliphatic carbocycles. The van der Waals surface area contributed by atoms with Crippen LogP contribution in [-0.4, -0.2) is 30.0 Å². The molecule has 3 heterocycles. The number of nitrogens with zero attached hydrogens (tertiary/aromatic N) is 5. The van der Waals surface area contributed by atoms with Crippen molar-refractivity contribution in [2.45, 2.75) is 18.0 Å². The van der Waals surface area contributed by atoms with Gasteiger partial charge in [-0.15, -0.1) is 0 Å². The predicted octanol–water partition coefficient (Wildman–Crippen LogP) is 4.50. The van der Waals surface area contributed by atoms with Crippen LogP contribution in [0.15, 0.2) is 62.4 Å². The fourth-order valence-electron chi connectivity index (χ4n) is 2.75. The fourth-order valence-corrected chi connectivity index (χ4v) is 4.06. The molecule has 0 fully saturated rings. The van der Waals surface area contributed by atoms with Gasteiger partial charge in [-0.2, -0.15) is 22.5 Å². The Morgan fingerprint density at radius 3 is 2.52 bits per heavy atom. The molecule has 3 aromatic heterocycles. The summed E-state index contributed by atoms with van der Waals surface area (Å²) in [6.07, 6.45) is -1.62. The monoisotopic (exact) mass is 421 g/mol. The standard InChI is InChI=1S/C18H14F3N5O2S/c1-11-16(25-29(2,27)13-6-4-3-5-7-13)26-9-8-12(10-14(26)22-11)15-23-17(28-24-15)18(19,20)21/h3-10H,1-2H3. The van der Waals surface area contributed by atoms with E-state index in [1.54, 1.807) is 41.8 Å². The van der Waals surface area contributed by atoms with Crippen LogP contribution >= 0.6 is 0 Å². The molecule has 0 bridgehead atoms. The maximum absolute atomic E-state index is 13.1. The Hall–Kier alpha value is -3.21. The summed E-state index contributed by atoms with van der Waals surface area (Å²) in [4.78, 5) is 8.33. The van der Waals surface area contributed by atoms with E-state index in [9.17, 15) is 17.4 Å². The zero-order valence-electron chi connectivity index (χ0n) is 15.2. The molecule has 150 valence electrons. The molecule has 4 aromatic rings. The van der Waals surface area contributed by atoms with E-state index in [2.05, 4.69) is 24.0 Å². The average molecular weight is 421 g/mol. The highest BCUT2D eigenvalue weighted by Crippen LogP contribution is 2.31. The lowest BCUT2D eigenvalue weighted by molar-refractivity contribution is -0.159. The van der Waals surface area contributed by atoms with E-state index in [-0.39, 0.29) is 5.82 Å². The van der Waals surface area contributed by atoms with E-state index in [0.717, 1.165) is 0 Å². The third-order valence-electron chi connectivity index (χ3n) is 4.14. The van der Waals surface area contributed by atoms with Gasteiger partial charge in [0.15, 0.2) is 5.82 Å². The van der Waals surface area contributed by atoms with Gasteiger partial charge < -0.3 is 4.52 Å². The molecule has 0 saturated carbocycles. The lowest BCUT2D eigenvalue weighted by Gasteiger charge is -2.05. The Labute approximate surface area is 163 Å². The summed E-state index contributed by atoms with van der Waals surface area (Å²) < 4.78 is 61.4. The maximum atomic E-state index is 13.1. The smallest absolute Gasteiger partial charge is 0.329 e. The first-order chi connectivity index (χ1) is 13.6. The zero-order chi connectivity index (χ0) is 20.8. The van der Waals surface area contributed by atoms with Crippen molar-refractivity contribution in [2.75, 3.05) is 6.26 Å². The molecule has 1 aromatic carbocycles. The van der Waals surface area contributed by atoms with Crippen LogP contribution in [0.2, 0.25) is 0 Å². The van der Waals surface area contributed by atoms with Crippen LogP contribution < -0.4 is 0 Å². The molecule has 0 N–H and O–H groups in total. The number of rotatable bonds is 3. The number of pyridine rings is 1. The molecule has 0 spiro atoms. The molecule has 1 atom stereocenters. The Kier molecular flexibility index (Phi) is 4.41. The van der Waals surface area contributed by atoms with E-state index in [1.165, 1.54) is 18.4 Å². The number of hydrogen-bond donors (Lipinski definition) is 0. The third-order valence-corrected chi connectivity index (χ3v) is 5.80. The third kappa shape index (κ3) is 3.60. The first-order valence-electron chi connectivity index (χ1n) is 8.32. The van der Waals surface area contributed by atoms with Crippen LogP contribution in [-0.2, 0) is 15.9 Å². The van der Waals surface area contributed by atoms with E-state index in [0.29, 0.717) is 27.6 Å². The van der Waals surface area contributed by atoms with E-state index in [4.69, 9.17) is 0 Å². The van der Waals surface area contributed by atoms with Crippen molar-refractivity contribution in [3.05, 3.63) is 60.2 Å². The Morgan fingerprint density at radius 1 is 1.14 bits per heavy atom. The largest absolute Gasteiger partial charge is 0.471 e. The molecule has 1 unspecified atom stereocenters. The van der Waals surface area contributed by atoms with Gasteiger partial charge in [0.05, 0.1) is 15.4 Å². The Morgan fingerprint density at radius 2 is 1.86 bits per heavy atom. The molecule has 11 heteroatoms. The predicted molar refractivity (Wildman–Crippen MR) is 99.1 cm³/mol. The number of alkyl halides is 3. The molecule has 0 amide bonds. The highest BCUT2D eigenvalue weighted by Gasteiger charge is 2.38. The number of aromatic nitrogens is 4. The van der Waals surface area contributed by atoms with Gasteiger partial charge in [-0.05, 0) is 31.2 Å². The highest BCUT2D eigenvalue weighted by molar-refractivity contribution is 7.93. The normalized spacial score (nSPS) is 14.1. The number of imidazole rings is 1. The number of fused-ring (bicyclic) bond motifs is 1. The van der Waals surface area contributed by atoms with Crippen molar-refractivity contribution < 1.29 is 21.9 Å². The van der Waals surface area contributed by atoms with E-state index < -0.39 is 21.8 Å². The molecule has 0 radical (unpaired) electrons. The fraction of sp³-hybridized carbons (Fsp3) is 0.167. The number of benzene rings is 1. The summed E-state index contributed by atoms with van der Waals surface area (Å²) in [5, 5.41) is 3.38. The molecule has 7 nitrogen and oxygen atoms in total. The van der Waals surface area contributed by atoms with Crippen molar-refractivity contribution in [1.29, 1.82) is 0 Å². The summed E-state index contributed by atoms with van der Waals surface area (Å²) in [5.41, 5.74) is 1.23. The molecule has 29 heavy (non-hydrogen) atoms. The second-order valence-electron chi connectivity index (χ2n) is 6.29. The second kappa shape index (κ2) is 6.69. The lowest BCUT2D eigenvalue weighted by Crippen LogP contribution is -2.04. The van der Waals surface area contributed by atoms with Crippen LogP contribution in [0.25, 0.3) is 17.0 Å². The van der Waals surface area contributed by atoms with Gasteiger partial charge in [0.2, 0.25) is 5.82 Å². The van der Waals surface area contributed by atoms with Gasteiger partial charge in [-0.25, -0.2) is 9.19 Å². The van der Waals surface area contributed by atoms with Gasteiger partial charge in [0, 0.05) is 22.9 Å². The van der Waals surface area contributed by atoms with Gasteiger partial charge in [-0.3, -0.25) is 4.40 Å². The van der Waals surface area contributed by atoms with Crippen molar-refractivity contribution in [3.8, 4) is 11.4 Å². The lowest BCUT2D eigenvalue weighted by atomic mass is 10.2. The first kappa shape index (κ1) is 19.1. The van der Waals surface area contributed by atoms with Gasteiger partial charge in [0.25, 0.3) is 0 Å². The van der Waals surface area contributed by atoms with Crippen LogP contribution in [0, 0.1) is 6.92 Å². The van der Waals surface area contributed by atoms with Gasteiger partial charge >= 0.3 is 12.1 Å². The second-order valence-corrected chi connectivity index (χ2v) is 8.55.